The zero-order valence-corrected chi connectivity index (χ0v) is 14.2. The Balaban J connectivity index is 1.91. The summed E-state index contributed by atoms with van der Waals surface area (Å²) in [5.41, 5.74) is 1.39. The van der Waals surface area contributed by atoms with E-state index >= 15 is 0 Å². The van der Waals surface area contributed by atoms with Crippen LogP contribution in [0.15, 0.2) is 50.5 Å². The number of nitrogens with one attached hydrogen (secondary N) is 1. The summed E-state index contributed by atoms with van der Waals surface area (Å²) in [6, 6.07) is 7.70. The van der Waals surface area contributed by atoms with Crippen molar-refractivity contribution in [2.24, 2.45) is 0 Å². The quantitative estimate of drug-likeness (QED) is 0.737. The highest BCUT2D eigenvalue weighted by molar-refractivity contribution is 7.92. The number of rotatable bonds is 5. The first kappa shape index (κ1) is 15.9. The second kappa shape index (κ2) is 6.23. The zero-order valence-electron chi connectivity index (χ0n) is 11.8. The molecule has 0 bridgehead atoms. The van der Waals surface area contributed by atoms with E-state index in [1.807, 2.05) is 16.8 Å². The topological polar surface area (TPSA) is 81.4 Å². The van der Waals surface area contributed by atoms with E-state index < -0.39 is 10.0 Å². The number of methoxy groups -OCH3 is 1. The van der Waals surface area contributed by atoms with Gasteiger partial charge in [0.15, 0.2) is 0 Å². The molecule has 0 aliphatic carbocycles. The van der Waals surface area contributed by atoms with Crippen molar-refractivity contribution in [3.63, 3.8) is 0 Å². The lowest BCUT2D eigenvalue weighted by Gasteiger charge is -2.09. The fourth-order valence-corrected chi connectivity index (χ4v) is 3.97. The first-order chi connectivity index (χ1) is 11.0. The Morgan fingerprint density at radius 1 is 1.30 bits per heavy atom. The second-order valence-corrected chi connectivity index (χ2v) is 7.36. The monoisotopic (exact) mass is 370 g/mol. The molecule has 0 aliphatic rings. The molecule has 0 amide bonds. The van der Waals surface area contributed by atoms with E-state index in [2.05, 4.69) is 9.88 Å². The van der Waals surface area contributed by atoms with Crippen LogP contribution in [0.2, 0.25) is 5.02 Å². The first-order valence-electron chi connectivity index (χ1n) is 6.35. The number of halogens is 1. The highest BCUT2D eigenvalue weighted by atomic mass is 35.5. The minimum absolute atomic E-state index is 0.00762. The molecule has 0 saturated carbocycles. The van der Waals surface area contributed by atoms with E-state index in [4.69, 9.17) is 20.9 Å². The fourth-order valence-electron chi connectivity index (χ4n) is 1.92. The van der Waals surface area contributed by atoms with Crippen molar-refractivity contribution in [3.05, 3.63) is 46.1 Å². The first-order valence-corrected chi connectivity index (χ1v) is 9.15. The molecule has 3 rings (SSSR count). The van der Waals surface area contributed by atoms with Crippen LogP contribution in [0.5, 0.6) is 5.75 Å². The third kappa shape index (κ3) is 3.34. The molecule has 6 nitrogen and oxygen atoms in total. The summed E-state index contributed by atoms with van der Waals surface area (Å²) in [5, 5.41) is 7.90. The molecule has 1 aromatic carbocycles. The van der Waals surface area contributed by atoms with Gasteiger partial charge in [-0.2, -0.15) is 11.3 Å². The molecule has 0 atom stereocenters. The van der Waals surface area contributed by atoms with Gasteiger partial charge in [-0.3, -0.25) is 0 Å². The van der Waals surface area contributed by atoms with E-state index in [-0.39, 0.29) is 21.6 Å². The maximum Gasteiger partial charge on any atom is 0.267 e. The summed E-state index contributed by atoms with van der Waals surface area (Å²) in [7, 11) is -2.54. The number of hydrogen-bond donors (Lipinski definition) is 1. The fraction of sp³-hybridized carbons (Fsp3) is 0.0714. The van der Waals surface area contributed by atoms with Gasteiger partial charge in [0, 0.05) is 22.0 Å². The maximum absolute atomic E-state index is 12.5. The van der Waals surface area contributed by atoms with Crippen molar-refractivity contribution in [1.82, 2.24) is 5.16 Å². The number of sulfonamides is 1. The number of anilines is 1. The Morgan fingerprint density at radius 3 is 2.83 bits per heavy atom. The van der Waals surface area contributed by atoms with Crippen LogP contribution in [0.25, 0.3) is 11.3 Å². The molecule has 0 unspecified atom stereocenters. The number of aromatic nitrogens is 1. The Kier molecular flexibility index (Phi) is 4.29. The number of benzene rings is 1. The molecule has 0 saturated heterocycles. The molecule has 3 aromatic rings. The van der Waals surface area contributed by atoms with Crippen LogP contribution in [0, 0.1) is 0 Å². The predicted octanol–water partition coefficient (Wildman–Crippen LogP) is 3.87. The van der Waals surface area contributed by atoms with Gasteiger partial charge in [0.2, 0.25) is 5.88 Å². The molecule has 120 valence electrons. The lowest BCUT2D eigenvalue weighted by atomic mass is 10.2. The smallest absolute Gasteiger partial charge is 0.267 e. The minimum atomic E-state index is -3.92. The molecule has 0 fully saturated rings. The van der Waals surface area contributed by atoms with Crippen LogP contribution in [0.1, 0.15) is 0 Å². The normalized spacial score (nSPS) is 11.4. The third-order valence-corrected chi connectivity index (χ3v) is 5.26. The van der Waals surface area contributed by atoms with Crippen molar-refractivity contribution in [3.8, 4) is 17.0 Å². The minimum Gasteiger partial charge on any atom is -0.495 e. The molecule has 1 N–H and O–H groups in total. The van der Waals surface area contributed by atoms with Crippen LogP contribution in [0.4, 0.5) is 5.88 Å². The SMILES string of the molecule is COc1ccc(Cl)cc1S(=O)(=O)Nc1cc(-c2ccsc2)no1. The average molecular weight is 371 g/mol. The van der Waals surface area contributed by atoms with Gasteiger partial charge in [0.1, 0.15) is 16.3 Å². The number of nitrogens with zero attached hydrogens (tertiary/aromatic N) is 1. The van der Waals surface area contributed by atoms with E-state index in [0.29, 0.717) is 5.69 Å². The lowest BCUT2D eigenvalue weighted by Crippen LogP contribution is -2.13. The highest BCUT2D eigenvalue weighted by Crippen LogP contribution is 2.30. The number of thiophene rings is 1. The highest BCUT2D eigenvalue weighted by Gasteiger charge is 2.22. The van der Waals surface area contributed by atoms with Crippen molar-refractivity contribution in [2.45, 2.75) is 4.90 Å². The standard InChI is InChI=1S/C14H11ClN2O4S2/c1-20-12-3-2-10(15)6-13(12)23(18,19)17-14-7-11(16-21-14)9-4-5-22-8-9/h2-8,17H,1H3. The average Bonchev–Trinajstić information content (AvgIpc) is 3.17. The summed E-state index contributed by atoms with van der Waals surface area (Å²) in [6.45, 7) is 0. The van der Waals surface area contributed by atoms with Crippen LogP contribution in [-0.2, 0) is 10.0 Å². The van der Waals surface area contributed by atoms with Crippen molar-refractivity contribution < 1.29 is 17.7 Å². The van der Waals surface area contributed by atoms with Gasteiger partial charge in [0.25, 0.3) is 10.0 Å². The molecule has 9 heteroatoms. The Bertz CT molecular complexity index is 920. The van der Waals surface area contributed by atoms with Gasteiger partial charge >= 0.3 is 0 Å². The summed E-state index contributed by atoms with van der Waals surface area (Å²) in [4.78, 5) is -0.0824. The molecular formula is C14H11ClN2O4S2. The summed E-state index contributed by atoms with van der Waals surface area (Å²) in [5.74, 6) is 0.188. The van der Waals surface area contributed by atoms with Crippen molar-refractivity contribution in [2.75, 3.05) is 11.8 Å². The largest absolute Gasteiger partial charge is 0.495 e. The Hall–Kier alpha value is -2.03. The van der Waals surface area contributed by atoms with E-state index in [0.717, 1.165) is 5.56 Å². The second-order valence-electron chi connectivity index (χ2n) is 4.49. The van der Waals surface area contributed by atoms with E-state index in [1.54, 1.807) is 6.07 Å². The molecule has 0 spiro atoms. The summed E-state index contributed by atoms with van der Waals surface area (Å²) in [6.07, 6.45) is 0. The zero-order chi connectivity index (χ0) is 16.4. The number of hydrogen-bond acceptors (Lipinski definition) is 6. The van der Waals surface area contributed by atoms with Crippen LogP contribution >= 0.6 is 22.9 Å². The van der Waals surface area contributed by atoms with E-state index in [9.17, 15) is 8.42 Å². The summed E-state index contributed by atoms with van der Waals surface area (Å²) >= 11 is 7.38. The maximum atomic E-state index is 12.5. The van der Waals surface area contributed by atoms with Gasteiger partial charge < -0.3 is 9.26 Å². The Morgan fingerprint density at radius 2 is 2.13 bits per heavy atom. The molecule has 23 heavy (non-hydrogen) atoms. The van der Waals surface area contributed by atoms with Crippen LogP contribution < -0.4 is 9.46 Å². The van der Waals surface area contributed by atoms with Crippen LogP contribution in [0.3, 0.4) is 0 Å². The molecule has 2 heterocycles. The van der Waals surface area contributed by atoms with Gasteiger partial charge in [0.05, 0.1) is 7.11 Å². The molecule has 2 aromatic heterocycles. The van der Waals surface area contributed by atoms with E-state index in [1.165, 1.54) is 36.6 Å². The molecular weight excluding hydrogens is 360 g/mol. The van der Waals surface area contributed by atoms with Gasteiger partial charge in [-0.15, -0.1) is 0 Å². The molecule has 0 radical (unpaired) electrons. The summed E-state index contributed by atoms with van der Waals surface area (Å²) < 4.78 is 37.4. The Labute approximate surface area is 141 Å². The molecule has 0 aliphatic heterocycles. The predicted molar refractivity (Wildman–Crippen MR) is 88.6 cm³/mol. The van der Waals surface area contributed by atoms with Crippen molar-refractivity contribution >= 4 is 38.8 Å². The number of ether oxygens (including phenoxy) is 1. The lowest BCUT2D eigenvalue weighted by molar-refractivity contribution is 0.402. The van der Waals surface area contributed by atoms with Crippen molar-refractivity contribution in [1.29, 1.82) is 0 Å². The van der Waals surface area contributed by atoms with Gasteiger partial charge in [-0.1, -0.05) is 16.8 Å². The van der Waals surface area contributed by atoms with Gasteiger partial charge in [-0.05, 0) is 29.6 Å². The third-order valence-electron chi connectivity index (χ3n) is 2.98. The van der Waals surface area contributed by atoms with Crippen LogP contribution in [-0.4, -0.2) is 20.7 Å². The van der Waals surface area contributed by atoms with Gasteiger partial charge in [-0.25, -0.2) is 13.1 Å².